The summed E-state index contributed by atoms with van der Waals surface area (Å²) in [5.41, 5.74) is 1.48. The average molecular weight is 403 g/mol. The molecule has 1 amide bonds. The zero-order valence-electron chi connectivity index (χ0n) is 16.8. The Hall–Kier alpha value is -1.86. The summed E-state index contributed by atoms with van der Waals surface area (Å²) in [5.74, 6) is 2.17. The lowest BCUT2D eigenvalue weighted by Gasteiger charge is -2.30. The van der Waals surface area contributed by atoms with Gasteiger partial charge >= 0.3 is 0 Å². The Bertz CT molecular complexity index is 764. The van der Waals surface area contributed by atoms with Crippen molar-refractivity contribution in [1.82, 2.24) is 20.4 Å². The Morgan fingerprint density at radius 3 is 3.11 bits per heavy atom. The number of nitrogens with one attached hydrogen (secondary N) is 1. The number of likely N-dealkylation sites (tertiary alicyclic amines) is 1. The first-order chi connectivity index (χ1) is 13.6. The highest BCUT2D eigenvalue weighted by Crippen LogP contribution is 2.24. The lowest BCUT2D eigenvalue weighted by Crippen LogP contribution is -2.35. The zero-order valence-corrected chi connectivity index (χ0v) is 17.6. The number of hydrogen-bond acceptors (Lipinski definition) is 6. The largest absolute Gasteiger partial charge is 0.361 e. The molecule has 2 aromatic heterocycles. The molecule has 152 valence electrons. The van der Waals surface area contributed by atoms with Gasteiger partial charge in [0, 0.05) is 31.1 Å². The molecule has 3 heterocycles. The van der Waals surface area contributed by atoms with E-state index in [1.54, 1.807) is 12.3 Å². The SMILES string of the molecule is Cc1cc(CSc2ncccc2C(=O)NCCCCN2CCCC(C)C2)no1. The number of unbranched alkanes of at least 4 members (excludes halogenated alkanes) is 1. The number of rotatable bonds is 9. The maximum Gasteiger partial charge on any atom is 0.254 e. The minimum atomic E-state index is -0.0569. The van der Waals surface area contributed by atoms with Crippen molar-refractivity contribution in [3.8, 4) is 0 Å². The lowest BCUT2D eigenvalue weighted by atomic mass is 10.0. The predicted molar refractivity (Wildman–Crippen MR) is 111 cm³/mol. The van der Waals surface area contributed by atoms with Crippen LogP contribution in [0, 0.1) is 12.8 Å². The Labute approximate surface area is 171 Å². The van der Waals surface area contributed by atoms with E-state index in [0.717, 1.165) is 41.8 Å². The van der Waals surface area contributed by atoms with E-state index < -0.39 is 0 Å². The van der Waals surface area contributed by atoms with Crippen LogP contribution in [-0.2, 0) is 5.75 Å². The Kier molecular flexibility index (Phi) is 7.91. The number of hydrogen-bond donors (Lipinski definition) is 1. The van der Waals surface area contributed by atoms with Crippen LogP contribution < -0.4 is 5.32 Å². The van der Waals surface area contributed by atoms with Crippen molar-refractivity contribution in [1.29, 1.82) is 0 Å². The second kappa shape index (κ2) is 10.6. The summed E-state index contributed by atoms with van der Waals surface area (Å²) in [7, 11) is 0. The molecule has 3 rings (SSSR count). The van der Waals surface area contributed by atoms with E-state index in [1.165, 1.54) is 37.7 Å². The summed E-state index contributed by atoms with van der Waals surface area (Å²) in [5, 5.41) is 7.76. The summed E-state index contributed by atoms with van der Waals surface area (Å²) in [6, 6.07) is 5.53. The van der Waals surface area contributed by atoms with Gasteiger partial charge in [0.1, 0.15) is 10.8 Å². The summed E-state index contributed by atoms with van der Waals surface area (Å²) < 4.78 is 5.09. The second-order valence-corrected chi connectivity index (χ2v) is 8.55. The van der Waals surface area contributed by atoms with Gasteiger partial charge in [-0.05, 0) is 63.7 Å². The first kappa shape index (κ1) is 20.9. The van der Waals surface area contributed by atoms with E-state index in [2.05, 4.69) is 27.3 Å². The van der Waals surface area contributed by atoms with Gasteiger partial charge in [0.2, 0.25) is 0 Å². The highest BCUT2D eigenvalue weighted by Gasteiger charge is 2.16. The normalized spacial score (nSPS) is 17.6. The molecule has 0 saturated carbocycles. The third-order valence-electron chi connectivity index (χ3n) is 4.98. The van der Waals surface area contributed by atoms with Gasteiger partial charge in [-0.25, -0.2) is 4.98 Å². The second-order valence-electron chi connectivity index (χ2n) is 7.58. The van der Waals surface area contributed by atoms with Crippen LogP contribution in [0.5, 0.6) is 0 Å². The third-order valence-corrected chi connectivity index (χ3v) is 6.02. The van der Waals surface area contributed by atoms with Gasteiger partial charge in [-0.15, -0.1) is 0 Å². The van der Waals surface area contributed by atoms with Crippen molar-refractivity contribution in [3.05, 3.63) is 41.4 Å². The molecular weight excluding hydrogens is 372 g/mol. The molecule has 2 aromatic rings. The van der Waals surface area contributed by atoms with E-state index in [4.69, 9.17) is 4.52 Å². The fraction of sp³-hybridized carbons (Fsp3) is 0.571. The smallest absolute Gasteiger partial charge is 0.254 e. The van der Waals surface area contributed by atoms with E-state index in [-0.39, 0.29) is 5.91 Å². The van der Waals surface area contributed by atoms with Gasteiger partial charge in [0.05, 0.1) is 11.3 Å². The standard InChI is InChI=1S/C21H30N4O2S/c1-16-7-6-12-25(14-16)11-4-3-9-22-20(26)19-8-5-10-23-21(19)28-15-18-13-17(2)27-24-18/h5,8,10,13,16H,3-4,6-7,9,11-12,14-15H2,1-2H3,(H,22,26). The molecule has 28 heavy (non-hydrogen) atoms. The molecule has 6 nitrogen and oxygen atoms in total. The van der Waals surface area contributed by atoms with Crippen molar-refractivity contribution in [2.24, 2.45) is 5.92 Å². The Morgan fingerprint density at radius 1 is 1.43 bits per heavy atom. The molecule has 0 bridgehead atoms. The van der Waals surface area contributed by atoms with Gasteiger partial charge in [-0.1, -0.05) is 23.8 Å². The molecule has 1 fully saturated rings. The van der Waals surface area contributed by atoms with Gasteiger partial charge in [0.15, 0.2) is 0 Å². The van der Waals surface area contributed by atoms with E-state index in [1.807, 2.05) is 19.1 Å². The van der Waals surface area contributed by atoms with E-state index in [0.29, 0.717) is 17.9 Å². The highest BCUT2D eigenvalue weighted by atomic mass is 32.2. The number of nitrogens with zero attached hydrogens (tertiary/aromatic N) is 3. The van der Waals surface area contributed by atoms with Gasteiger partial charge in [-0.3, -0.25) is 4.79 Å². The molecule has 0 spiro atoms. The number of aromatic nitrogens is 2. The summed E-state index contributed by atoms with van der Waals surface area (Å²) in [6.07, 6.45) is 6.50. The van der Waals surface area contributed by atoms with Crippen LogP contribution in [0.2, 0.25) is 0 Å². The van der Waals surface area contributed by atoms with Gasteiger partial charge < -0.3 is 14.7 Å². The average Bonchev–Trinajstić information content (AvgIpc) is 3.11. The van der Waals surface area contributed by atoms with E-state index in [9.17, 15) is 4.79 Å². The molecule has 1 saturated heterocycles. The monoisotopic (exact) mass is 402 g/mol. The molecule has 0 aromatic carbocycles. The maximum atomic E-state index is 12.6. The molecule has 0 radical (unpaired) electrons. The Balaban J connectivity index is 1.41. The molecular formula is C21H30N4O2S. The highest BCUT2D eigenvalue weighted by molar-refractivity contribution is 7.98. The van der Waals surface area contributed by atoms with Crippen LogP contribution in [0.4, 0.5) is 0 Å². The van der Waals surface area contributed by atoms with Crippen molar-refractivity contribution < 1.29 is 9.32 Å². The van der Waals surface area contributed by atoms with Crippen LogP contribution in [0.3, 0.4) is 0 Å². The van der Waals surface area contributed by atoms with Crippen LogP contribution in [0.15, 0.2) is 33.9 Å². The van der Waals surface area contributed by atoms with E-state index >= 15 is 0 Å². The Morgan fingerprint density at radius 2 is 2.32 bits per heavy atom. The van der Waals surface area contributed by atoms with Crippen LogP contribution >= 0.6 is 11.8 Å². The minimum absolute atomic E-state index is 0.0569. The van der Waals surface area contributed by atoms with Crippen molar-refractivity contribution >= 4 is 17.7 Å². The number of thioether (sulfide) groups is 1. The lowest BCUT2D eigenvalue weighted by molar-refractivity contribution is 0.0948. The first-order valence-electron chi connectivity index (χ1n) is 10.1. The summed E-state index contributed by atoms with van der Waals surface area (Å²) in [4.78, 5) is 19.5. The fourth-order valence-corrected chi connectivity index (χ4v) is 4.43. The van der Waals surface area contributed by atoms with Gasteiger partial charge in [0.25, 0.3) is 5.91 Å². The van der Waals surface area contributed by atoms with Crippen LogP contribution in [-0.4, -0.2) is 47.1 Å². The van der Waals surface area contributed by atoms with Crippen molar-refractivity contribution in [2.75, 3.05) is 26.2 Å². The fourth-order valence-electron chi connectivity index (χ4n) is 3.55. The van der Waals surface area contributed by atoms with Crippen LogP contribution in [0.1, 0.15) is 54.4 Å². The van der Waals surface area contributed by atoms with Crippen LogP contribution in [0.25, 0.3) is 0 Å². The first-order valence-corrected chi connectivity index (χ1v) is 11.1. The number of carbonyl (C=O) groups excluding carboxylic acids is 1. The quantitative estimate of drug-likeness (QED) is 0.506. The van der Waals surface area contributed by atoms with Crippen molar-refractivity contribution in [3.63, 3.8) is 0 Å². The number of piperidine rings is 1. The molecule has 1 atom stereocenters. The summed E-state index contributed by atoms with van der Waals surface area (Å²) in [6.45, 7) is 8.47. The minimum Gasteiger partial charge on any atom is -0.361 e. The number of carbonyl (C=O) groups is 1. The number of aryl methyl sites for hydroxylation is 1. The third kappa shape index (κ3) is 6.34. The molecule has 1 unspecified atom stereocenters. The molecule has 0 aliphatic carbocycles. The number of pyridine rings is 1. The summed E-state index contributed by atoms with van der Waals surface area (Å²) >= 11 is 1.50. The maximum absolute atomic E-state index is 12.6. The predicted octanol–water partition coefficient (Wildman–Crippen LogP) is 3.91. The zero-order chi connectivity index (χ0) is 19.8. The van der Waals surface area contributed by atoms with Crippen molar-refractivity contribution in [2.45, 2.75) is 50.3 Å². The molecule has 1 aliphatic rings. The number of amides is 1. The van der Waals surface area contributed by atoms with Gasteiger partial charge in [-0.2, -0.15) is 0 Å². The molecule has 7 heteroatoms. The topological polar surface area (TPSA) is 71.3 Å². The molecule has 1 aliphatic heterocycles. The molecule has 1 N–H and O–H groups in total.